The summed E-state index contributed by atoms with van der Waals surface area (Å²) in [5.41, 5.74) is 10.6. The van der Waals surface area contributed by atoms with Crippen LogP contribution in [-0.4, -0.2) is 50.8 Å². The van der Waals surface area contributed by atoms with Crippen LogP contribution in [0.5, 0.6) is 0 Å². The third-order valence-corrected chi connectivity index (χ3v) is 6.09. The number of carbonyl (C=O) groups is 1. The molecule has 0 unspecified atom stereocenters. The summed E-state index contributed by atoms with van der Waals surface area (Å²) in [4.78, 5) is 10.6. The number of aliphatic carboxylic acids is 1. The van der Waals surface area contributed by atoms with E-state index in [1.807, 2.05) is 30.5 Å². The molecule has 0 atom stereocenters. The summed E-state index contributed by atoms with van der Waals surface area (Å²) in [6.07, 6.45) is 5.95. The van der Waals surface area contributed by atoms with Gasteiger partial charge < -0.3 is 14.4 Å². The van der Waals surface area contributed by atoms with Crippen LogP contribution in [0.2, 0.25) is 0 Å². The number of rotatable bonds is 13. The first-order valence-electron chi connectivity index (χ1n) is 12.2. The molecule has 0 aliphatic carbocycles. The lowest BCUT2D eigenvalue weighted by Gasteiger charge is -2.28. The van der Waals surface area contributed by atoms with Crippen molar-refractivity contribution in [2.45, 2.75) is 40.0 Å². The highest BCUT2D eigenvalue weighted by Gasteiger charge is 2.15. The minimum atomic E-state index is -0.945. The number of nitrogens with zero attached hydrogens (tertiary/aromatic N) is 5. The zero-order chi connectivity index (χ0) is 26.2. The van der Waals surface area contributed by atoms with Gasteiger partial charge in [-0.05, 0) is 81.5 Å². The predicted molar refractivity (Wildman–Crippen MR) is 141 cm³/mol. The van der Waals surface area contributed by atoms with Crippen molar-refractivity contribution in [3.8, 4) is 16.8 Å². The Morgan fingerprint density at radius 2 is 1.81 bits per heavy atom. The van der Waals surface area contributed by atoms with Crippen molar-refractivity contribution in [1.82, 2.24) is 19.9 Å². The van der Waals surface area contributed by atoms with Crippen molar-refractivity contribution in [2.75, 3.05) is 30.2 Å². The zero-order valence-electron chi connectivity index (χ0n) is 21.3. The highest BCUT2D eigenvalue weighted by Crippen LogP contribution is 2.31. The lowest BCUT2D eigenvalue weighted by Crippen LogP contribution is -2.31. The van der Waals surface area contributed by atoms with Gasteiger partial charge in [-0.25, -0.2) is 4.79 Å². The highest BCUT2D eigenvalue weighted by atomic mass is 16.5. The van der Waals surface area contributed by atoms with Gasteiger partial charge >= 0.3 is 5.97 Å². The zero-order valence-corrected chi connectivity index (χ0v) is 21.3. The van der Waals surface area contributed by atoms with E-state index in [9.17, 15) is 4.79 Å². The van der Waals surface area contributed by atoms with Gasteiger partial charge in [0, 0.05) is 24.4 Å². The number of aromatic nitrogens is 4. The fourth-order valence-corrected chi connectivity index (χ4v) is 4.14. The predicted octanol–water partition coefficient (Wildman–Crippen LogP) is 4.95. The Morgan fingerprint density at radius 1 is 1.05 bits per heavy atom. The molecule has 4 aromatic rings. The summed E-state index contributed by atoms with van der Waals surface area (Å²) < 4.78 is 12.4. The maximum absolute atomic E-state index is 10.6. The first-order chi connectivity index (χ1) is 17.9. The van der Waals surface area contributed by atoms with E-state index < -0.39 is 5.97 Å². The largest absolute Gasteiger partial charge is 0.480 e. The molecule has 2 aromatic carbocycles. The number of ether oxygens (including phenoxy) is 1. The molecular formula is C27H32N6O4. The highest BCUT2D eigenvalue weighted by molar-refractivity contribution is 5.73. The second-order valence-corrected chi connectivity index (χ2v) is 8.88. The van der Waals surface area contributed by atoms with E-state index in [0.29, 0.717) is 6.61 Å². The third kappa shape index (κ3) is 6.73. The standard InChI is InChI=1S/C27H32N6O4/c1-19-7-8-22(27-20(2)31-37-21(27)3)15-25(19)30-33(13-5-4-6-14-36-16-26(34)35)24-11-9-23(10-12-24)32-17-28-29-18-32/h7-12,15,17-18,30H,4-6,13-14,16H2,1-3H3,(H,34,35). The Hall–Kier alpha value is -4.18. The number of hydrogen-bond acceptors (Lipinski definition) is 8. The molecule has 2 heterocycles. The van der Waals surface area contributed by atoms with E-state index in [-0.39, 0.29) is 6.61 Å². The number of carboxylic acids is 1. The SMILES string of the molecule is Cc1ccc(-c2c(C)noc2C)cc1NN(CCCCCOCC(=O)O)c1ccc(-n2cnnc2)cc1. The molecule has 10 heteroatoms. The fraction of sp³-hybridized carbons (Fsp3) is 0.333. The van der Waals surface area contributed by atoms with Gasteiger partial charge in [-0.3, -0.25) is 15.0 Å². The number of unbranched alkanes of at least 4 members (excludes halogenated alkanes) is 2. The minimum absolute atomic E-state index is 0.257. The van der Waals surface area contributed by atoms with Gasteiger partial charge in [0.1, 0.15) is 25.0 Å². The number of anilines is 2. The summed E-state index contributed by atoms with van der Waals surface area (Å²) in [7, 11) is 0. The van der Waals surface area contributed by atoms with Crippen LogP contribution in [0.3, 0.4) is 0 Å². The first kappa shape index (κ1) is 25.9. The Bertz CT molecular complexity index is 1280. The summed E-state index contributed by atoms with van der Waals surface area (Å²) in [6, 6.07) is 14.5. The Kier molecular flexibility index (Phi) is 8.52. The van der Waals surface area contributed by atoms with Crippen molar-refractivity contribution < 1.29 is 19.2 Å². The van der Waals surface area contributed by atoms with Gasteiger partial charge in [0.2, 0.25) is 0 Å². The molecule has 0 saturated carbocycles. The van der Waals surface area contributed by atoms with Gasteiger partial charge in [0.15, 0.2) is 0 Å². The van der Waals surface area contributed by atoms with E-state index >= 15 is 0 Å². The average Bonchev–Trinajstić information content (AvgIpc) is 3.54. The van der Waals surface area contributed by atoms with Crippen LogP contribution in [-0.2, 0) is 9.53 Å². The third-order valence-electron chi connectivity index (χ3n) is 6.09. The molecule has 37 heavy (non-hydrogen) atoms. The van der Waals surface area contributed by atoms with E-state index in [1.54, 1.807) is 12.7 Å². The van der Waals surface area contributed by atoms with E-state index in [1.165, 1.54) is 0 Å². The van der Waals surface area contributed by atoms with Gasteiger partial charge in [0.05, 0.1) is 17.1 Å². The summed E-state index contributed by atoms with van der Waals surface area (Å²) in [5.74, 6) is -0.154. The second kappa shape index (κ2) is 12.2. The maximum atomic E-state index is 10.6. The molecule has 0 radical (unpaired) electrons. The number of aryl methyl sites for hydroxylation is 3. The molecule has 0 saturated heterocycles. The molecule has 0 spiro atoms. The van der Waals surface area contributed by atoms with Crippen molar-refractivity contribution in [3.05, 3.63) is 72.1 Å². The van der Waals surface area contributed by atoms with Crippen LogP contribution >= 0.6 is 0 Å². The molecule has 0 aliphatic heterocycles. The van der Waals surface area contributed by atoms with Crippen LogP contribution in [0.1, 0.15) is 36.3 Å². The van der Waals surface area contributed by atoms with Crippen molar-refractivity contribution in [1.29, 1.82) is 0 Å². The number of carboxylic acid groups (broad SMARTS) is 1. The van der Waals surface area contributed by atoms with Crippen LogP contribution in [0.15, 0.2) is 59.6 Å². The first-order valence-corrected chi connectivity index (χ1v) is 12.2. The van der Waals surface area contributed by atoms with E-state index in [4.69, 9.17) is 14.4 Å². The Labute approximate surface area is 215 Å². The molecule has 2 aromatic heterocycles. The van der Waals surface area contributed by atoms with Crippen LogP contribution in [0, 0.1) is 20.8 Å². The van der Waals surface area contributed by atoms with Gasteiger partial charge in [-0.15, -0.1) is 10.2 Å². The lowest BCUT2D eigenvalue weighted by molar-refractivity contribution is -0.142. The normalized spacial score (nSPS) is 11.0. The molecule has 10 nitrogen and oxygen atoms in total. The van der Waals surface area contributed by atoms with Crippen LogP contribution in [0.4, 0.5) is 11.4 Å². The Balaban J connectivity index is 1.51. The smallest absolute Gasteiger partial charge is 0.329 e. The summed E-state index contributed by atoms with van der Waals surface area (Å²) in [6.45, 7) is 6.88. The summed E-state index contributed by atoms with van der Waals surface area (Å²) >= 11 is 0. The van der Waals surface area contributed by atoms with Gasteiger partial charge in [-0.1, -0.05) is 17.3 Å². The number of hydrogen-bond donors (Lipinski definition) is 2. The van der Waals surface area contributed by atoms with Crippen molar-refractivity contribution in [3.63, 3.8) is 0 Å². The molecule has 4 rings (SSSR count). The topological polar surface area (TPSA) is 119 Å². The van der Waals surface area contributed by atoms with E-state index in [2.05, 4.69) is 63.0 Å². The molecule has 2 N–H and O–H groups in total. The maximum Gasteiger partial charge on any atom is 0.329 e. The molecular weight excluding hydrogens is 472 g/mol. The van der Waals surface area contributed by atoms with Crippen molar-refractivity contribution >= 4 is 17.3 Å². The fourth-order valence-electron chi connectivity index (χ4n) is 4.14. The second-order valence-electron chi connectivity index (χ2n) is 8.88. The molecule has 0 aliphatic rings. The Morgan fingerprint density at radius 3 is 2.49 bits per heavy atom. The number of benzene rings is 2. The molecule has 0 amide bonds. The molecule has 0 fully saturated rings. The van der Waals surface area contributed by atoms with Crippen LogP contribution in [0.25, 0.3) is 16.8 Å². The van der Waals surface area contributed by atoms with E-state index in [0.717, 1.165) is 71.0 Å². The summed E-state index contributed by atoms with van der Waals surface area (Å²) in [5, 5.41) is 22.7. The average molecular weight is 505 g/mol. The molecule has 194 valence electrons. The van der Waals surface area contributed by atoms with Gasteiger partial charge in [0.25, 0.3) is 0 Å². The minimum Gasteiger partial charge on any atom is -0.480 e. The monoisotopic (exact) mass is 504 g/mol. The van der Waals surface area contributed by atoms with Crippen LogP contribution < -0.4 is 10.4 Å². The van der Waals surface area contributed by atoms with Crippen molar-refractivity contribution in [2.24, 2.45) is 0 Å². The lowest BCUT2D eigenvalue weighted by atomic mass is 10.0. The number of nitrogens with one attached hydrogen (secondary N) is 1. The van der Waals surface area contributed by atoms with Gasteiger partial charge in [-0.2, -0.15) is 0 Å². The quantitative estimate of drug-likeness (QED) is 0.192. The molecule has 0 bridgehead atoms. The number of hydrazine groups is 1.